The first-order valence-electron chi connectivity index (χ1n) is 4.84. The van der Waals surface area contributed by atoms with E-state index >= 15 is 0 Å². The van der Waals surface area contributed by atoms with Crippen molar-refractivity contribution in [3.05, 3.63) is 45.1 Å². The molecule has 17 heavy (non-hydrogen) atoms. The van der Waals surface area contributed by atoms with E-state index in [0.29, 0.717) is 5.82 Å². The Labute approximate surface area is 118 Å². The van der Waals surface area contributed by atoms with E-state index in [1.807, 2.05) is 30.3 Å². The van der Waals surface area contributed by atoms with E-state index in [4.69, 9.17) is 17.4 Å². The summed E-state index contributed by atoms with van der Waals surface area (Å²) in [6.07, 6.45) is 1.68. The maximum atomic E-state index is 5.90. The molecule has 2 aromatic rings. The third-order valence-electron chi connectivity index (χ3n) is 2.12. The number of benzene rings is 1. The van der Waals surface area contributed by atoms with Crippen LogP contribution in [-0.4, -0.2) is 4.98 Å². The van der Waals surface area contributed by atoms with Gasteiger partial charge in [0.2, 0.25) is 0 Å². The van der Waals surface area contributed by atoms with Crippen LogP contribution in [0.3, 0.4) is 0 Å². The normalized spacial score (nSPS) is 10.1. The molecule has 0 fully saturated rings. The molecule has 0 aliphatic rings. The van der Waals surface area contributed by atoms with Gasteiger partial charge in [-0.15, -0.1) is 0 Å². The largest absolute Gasteiger partial charge is 0.355 e. The summed E-state index contributed by atoms with van der Waals surface area (Å²) in [5.74, 6) is 5.91. The van der Waals surface area contributed by atoms with Crippen LogP contribution in [0.2, 0.25) is 5.02 Å². The molecule has 0 saturated heterocycles. The molecule has 2 rings (SSSR count). The van der Waals surface area contributed by atoms with E-state index < -0.39 is 0 Å². The van der Waals surface area contributed by atoms with Crippen molar-refractivity contribution in [1.29, 1.82) is 0 Å². The smallest absolute Gasteiger partial charge is 0.141 e. The second-order valence-electron chi connectivity index (χ2n) is 3.32. The summed E-state index contributed by atoms with van der Waals surface area (Å²) in [6, 6.07) is 9.36. The molecule has 0 unspecified atom stereocenters. The molecule has 1 heterocycles. The molecule has 0 amide bonds. The Bertz CT molecular complexity index is 533. The number of nitrogens with one attached hydrogen (secondary N) is 2. The Morgan fingerprint density at radius 2 is 2.06 bits per heavy atom. The van der Waals surface area contributed by atoms with E-state index in [1.165, 1.54) is 0 Å². The predicted octanol–water partition coefficient (Wildman–Crippen LogP) is 3.37. The monoisotopic (exact) mass is 360 g/mol. The number of pyridine rings is 1. The second-order valence-corrected chi connectivity index (χ2v) is 4.92. The van der Waals surface area contributed by atoms with Gasteiger partial charge in [0.05, 0.1) is 5.69 Å². The summed E-state index contributed by atoms with van der Waals surface area (Å²) in [4.78, 5) is 4.04. The molecule has 0 atom stereocenters. The first-order valence-corrected chi connectivity index (χ1v) is 6.29. The van der Waals surface area contributed by atoms with E-state index in [9.17, 15) is 0 Å². The van der Waals surface area contributed by atoms with E-state index in [1.54, 1.807) is 6.20 Å². The molecule has 1 aromatic heterocycles. The van der Waals surface area contributed by atoms with Crippen LogP contribution in [0.5, 0.6) is 0 Å². The van der Waals surface area contributed by atoms with Gasteiger partial charge in [0, 0.05) is 26.5 Å². The molecular weight excluding hydrogens is 351 g/mol. The molecular formula is C11H10ClIN4. The van der Waals surface area contributed by atoms with Crippen molar-refractivity contribution in [3.63, 3.8) is 0 Å². The zero-order valence-corrected chi connectivity index (χ0v) is 11.7. The van der Waals surface area contributed by atoms with Crippen LogP contribution in [0.15, 0.2) is 36.5 Å². The summed E-state index contributed by atoms with van der Waals surface area (Å²) in [5, 5.41) is 3.99. The zero-order valence-electron chi connectivity index (χ0n) is 8.74. The first-order chi connectivity index (χ1) is 8.19. The molecule has 0 aliphatic heterocycles. The van der Waals surface area contributed by atoms with Crippen molar-refractivity contribution in [2.45, 2.75) is 0 Å². The van der Waals surface area contributed by atoms with Gasteiger partial charge in [-0.2, -0.15) is 0 Å². The fourth-order valence-corrected chi connectivity index (χ4v) is 2.34. The number of halogens is 2. The Balaban J connectivity index is 2.25. The van der Waals surface area contributed by atoms with Crippen molar-refractivity contribution in [1.82, 2.24) is 4.98 Å². The number of aromatic nitrogens is 1. The van der Waals surface area contributed by atoms with Crippen LogP contribution in [0, 0.1) is 3.57 Å². The lowest BCUT2D eigenvalue weighted by Gasteiger charge is -2.09. The minimum Gasteiger partial charge on any atom is -0.355 e. The van der Waals surface area contributed by atoms with E-state index in [0.717, 1.165) is 20.0 Å². The molecule has 0 bridgehead atoms. The van der Waals surface area contributed by atoms with Gasteiger partial charge in [-0.05, 0) is 46.9 Å². The van der Waals surface area contributed by atoms with Crippen LogP contribution in [-0.2, 0) is 0 Å². The third-order valence-corrected chi connectivity index (χ3v) is 3.25. The summed E-state index contributed by atoms with van der Waals surface area (Å²) >= 11 is 8.13. The zero-order chi connectivity index (χ0) is 12.3. The van der Waals surface area contributed by atoms with Crippen LogP contribution >= 0.6 is 34.2 Å². The van der Waals surface area contributed by atoms with Crippen molar-refractivity contribution in [3.8, 4) is 0 Å². The number of hydrogen-bond donors (Lipinski definition) is 3. The van der Waals surface area contributed by atoms with Crippen LogP contribution in [0.1, 0.15) is 0 Å². The van der Waals surface area contributed by atoms with Crippen molar-refractivity contribution in [2.24, 2.45) is 5.84 Å². The number of hydrogen-bond acceptors (Lipinski definition) is 4. The molecule has 0 saturated carbocycles. The average Bonchev–Trinajstić information content (AvgIpc) is 2.33. The van der Waals surface area contributed by atoms with Gasteiger partial charge in [-0.25, -0.2) is 10.8 Å². The van der Waals surface area contributed by atoms with Crippen LogP contribution in [0.4, 0.5) is 17.2 Å². The van der Waals surface area contributed by atoms with Gasteiger partial charge in [0.15, 0.2) is 0 Å². The average molecular weight is 361 g/mol. The molecule has 0 radical (unpaired) electrons. The molecule has 0 spiro atoms. The highest BCUT2D eigenvalue weighted by Crippen LogP contribution is 2.25. The molecule has 4 N–H and O–H groups in total. The van der Waals surface area contributed by atoms with Crippen LogP contribution < -0.4 is 16.6 Å². The van der Waals surface area contributed by atoms with Crippen LogP contribution in [0.25, 0.3) is 0 Å². The van der Waals surface area contributed by atoms with Gasteiger partial charge >= 0.3 is 0 Å². The minimum atomic E-state index is 0.610. The first kappa shape index (κ1) is 12.4. The summed E-state index contributed by atoms with van der Waals surface area (Å²) in [7, 11) is 0. The maximum absolute atomic E-state index is 5.90. The quantitative estimate of drug-likeness (QED) is 0.446. The lowest BCUT2D eigenvalue weighted by molar-refractivity contribution is 1.23. The lowest BCUT2D eigenvalue weighted by Crippen LogP contribution is -2.08. The fraction of sp³-hybridized carbons (Fsp3) is 0. The molecule has 0 aliphatic carbocycles. The molecule has 88 valence electrons. The van der Waals surface area contributed by atoms with Gasteiger partial charge < -0.3 is 10.7 Å². The Morgan fingerprint density at radius 3 is 2.76 bits per heavy atom. The summed E-state index contributed by atoms with van der Waals surface area (Å²) < 4.78 is 1.05. The maximum Gasteiger partial charge on any atom is 0.141 e. The number of rotatable bonds is 3. The SMILES string of the molecule is NNc1cc(Nc2ccc(Cl)cc2I)ccn1. The highest BCUT2D eigenvalue weighted by molar-refractivity contribution is 14.1. The Morgan fingerprint density at radius 1 is 1.24 bits per heavy atom. The van der Waals surface area contributed by atoms with Crippen molar-refractivity contribution >= 4 is 51.4 Å². The number of anilines is 3. The van der Waals surface area contributed by atoms with Gasteiger partial charge in [-0.3, -0.25) is 0 Å². The fourth-order valence-electron chi connectivity index (χ4n) is 1.33. The molecule has 4 nitrogen and oxygen atoms in total. The second kappa shape index (κ2) is 5.52. The van der Waals surface area contributed by atoms with Crippen molar-refractivity contribution < 1.29 is 0 Å². The number of nitrogen functional groups attached to an aromatic ring is 1. The molecule has 6 heteroatoms. The Hall–Kier alpha value is -1.05. The van der Waals surface area contributed by atoms with Crippen molar-refractivity contribution in [2.75, 3.05) is 10.7 Å². The number of nitrogens with two attached hydrogens (primary N) is 1. The summed E-state index contributed by atoms with van der Waals surface area (Å²) in [6.45, 7) is 0. The van der Waals surface area contributed by atoms with Gasteiger partial charge in [-0.1, -0.05) is 11.6 Å². The molecule has 1 aromatic carbocycles. The topological polar surface area (TPSA) is 63.0 Å². The Kier molecular flexibility index (Phi) is 4.03. The van der Waals surface area contributed by atoms with E-state index in [-0.39, 0.29) is 0 Å². The third kappa shape index (κ3) is 3.21. The lowest BCUT2D eigenvalue weighted by atomic mass is 10.3. The standard InChI is InChI=1S/C11H10ClIN4/c12-7-1-2-10(9(13)5-7)16-8-3-4-15-11(6-8)17-14/h1-6H,14H2,(H2,15,16,17). The van der Waals surface area contributed by atoms with E-state index in [2.05, 4.69) is 38.3 Å². The number of hydrazine groups is 1. The van der Waals surface area contributed by atoms with Gasteiger partial charge in [0.1, 0.15) is 5.82 Å². The summed E-state index contributed by atoms with van der Waals surface area (Å²) in [5.41, 5.74) is 4.40. The number of nitrogens with zero attached hydrogens (tertiary/aromatic N) is 1. The minimum absolute atomic E-state index is 0.610. The predicted molar refractivity (Wildman–Crippen MR) is 79.5 cm³/mol. The highest BCUT2D eigenvalue weighted by Gasteiger charge is 2.02. The van der Waals surface area contributed by atoms with Gasteiger partial charge in [0.25, 0.3) is 0 Å². The highest BCUT2D eigenvalue weighted by atomic mass is 127.